The molecule has 0 atom stereocenters. The molecule has 0 radical (unpaired) electrons. The van der Waals surface area contributed by atoms with Crippen LogP contribution in [0.1, 0.15) is 57.4 Å². The first-order valence-corrected chi connectivity index (χ1v) is 10.6. The van der Waals surface area contributed by atoms with Crippen molar-refractivity contribution < 1.29 is 0 Å². The molecule has 0 aliphatic heterocycles. The minimum Gasteiger partial charge on any atom is -0.388 e. The van der Waals surface area contributed by atoms with Crippen molar-refractivity contribution in [1.29, 1.82) is 0 Å². The summed E-state index contributed by atoms with van der Waals surface area (Å²) in [6, 6.07) is 13.1. The molecule has 0 aliphatic carbocycles. The SMILES string of the molecule is CCCCN(CC)c1ccc(/C=C/CC(C)(C)c2ccccc2NC)s1. The Balaban J connectivity index is 2.04. The van der Waals surface area contributed by atoms with Gasteiger partial charge in [-0.15, -0.1) is 11.3 Å². The van der Waals surface area contributed by atoms with Gasteiger partial charge in [-0.2, -0.15) is 0 Å². The van der Waals surface area contributed by atoms with Crippen LogP contribution in [0, 0.1) is 0 Å². The van der Waals surface area contributed by atoms with Gasteiger partial charge in [-0.05, 0) is 55.0 Å². The van der Waals surface area contributed by atoms with E-state index in [1.807, 2.05) is 18.4 Å². The van der Waals surface area contributed by atoms with E-state index in [4.69, 9.17) is 0 Å². The number of hydrogen-bond acceptors (Lipinski definition) is 3. The molecule has 0 unspecified atom stereocenters. The first-order valence-electron chi connectivity index (χ1n) is 9.80. The van der Waals surface area contributed by atoms with E-state index in [0.717, 1.165) is 19.5 Å². The van der Waals surface area contributed by atoms with Gasteiger partial charge in [0, 0.05) is 30.7 Å². The largest absolute Gasteiger partial charge is 0.388 e. The molecule has 1 aromatic heterocycles. The molecule has 0 saturated carbocycles. The smallest absolute Gasteiger partial charge is 0.0914 e. The molecule has 0 amide bonds. The van der Waals surface area contributed by atoms with Gasteiger partial charge in [0.1, 0.15) is 0 Å². The number of benzene rings is 1. The maximum Gasteiger partial charge on any atom is 0.0914 e. The Morgan fingerprint density at radius 2 is 1.88 bits per heavy atom. The Kier molecular flexibility index (Phi) is 7.77. The number of nitrogens with one attached hydrogen (secondary N) is 1. The first-order chi connectivity index (χ1) is 12.5. The number of unbranched alkanes of at least 4 members (excludes halogenated alkanes) is 1. The first kappa shape index (κ1) is 20.6. The number of para-hydroxylation sites is 1. The van der Waals surface area contributed by atoms with E-state index >= 15 is 0 Å². The van der Waals surface area contributed by atoms with Crippen molar-refractivity contribution in [2.24, 2.45) is 0 Å². The second kappa shape index (κ2) is 9.82. The molecule has 2 aromatic rings. The molecule has 1 aromatic carbocycles. The fourth-order valence-electron chi connectivity index (χ4n) is 3.25. The molecule has 0 aliphatic rings. The molecule has 0 fully saturated rings. The van der Waals surface area contributed by atoms with Gasteiger partial charge in [0.25, 0.3) is 0 Å². The van der Waals surface area contributed by atoms with Crippen LogP contribution in [0.4, 0.5) is 10.7 Å². The molecular formula is C23H34N2S. The molecule has 0 spiro atoms. The summed E-state index contributed by atoms with van der Waals surface area (Å²) in [4.78, 5) is 3.83. The van der Waals surface area contributed by atoms with Gasteiger partial charge >= 0.3 is 0 Å². The highest BCUT2D eigenvalue weighted by Crippen LogP contribution is 2.34. The Bertz CT molecular complexity index is 700. The minimum atomic E-state index is 0.104. The fourth-order valence-corrected chi connectivity index (χ4v) is 4.27. The highest BCUT2D eigenvalue weighted by atomic mass is 32.1. The van der Waals surface area contributed by atoms with Crippen LogP contribution in [0.15, 0.2) is 42.5 Å². The van der Waals surface area contributed by atoms with Gasteiger partial charge in [0.15, 0.2) is 0 Å². The fraction of sp³-hybridized carbons (Fsp3) is 0.478. The third-order valence-electron chi connectivity index (χ3n) is 4.92. The molecule has 142 valence electrons. The summed E-state index contributed by atoms with van der Waals surface area (Å²) in [5.41, 5.74) is 2.70. The number of nitrogens with zero attached hydrogens (tertiary/aromatic N) is 1. The lowest BCUT2D eigenvalue weighted by Crippen LogP contribution is -2.22. The Morgan fingerprint density at radius 1 is 1.12 bits per heavy atom. The van der Waals surface area contributed by atoms with Crippen molar-refractivity contribution in [2.45, 2.75) is 52.4 Å². The zero-order valence-corrected chi connectivity index (χ0v) is 17.8. The van der Waals surface area contributed by atoms with Crippen LogP contribution in [-0.4, -0.2) is 20.1 Å². The zero-order valence-electron chi connectivity index (χ0n) is 17.0. The van der Waals surface area contributed by atoms with Crippen molar-refractivity contribution in [3.63, 3.8) is 0 Å². The number of hydrogen-bond donors (Lipinski definition) is 1. The maximum atomic E-state index is 3.32. The van der Waals surface area contributed by atoms with E-state index in [2.05, 4.69) is 86.5 Å². The number of allylic oxidation sites excluding steroid dienone is 1. The topological polar surface area (TPSA) is 15.3 Å². The van der Waals surface area contributed by atoms with E-state index in [9.17, 15) is 0 Å². The van der Waals surface area contributed by atoms with Crippen molar-refractivity contribution >= 4 is 28.1 Å². The lowest BCUT2D eigenvalue weighted by atomic mass is 9.80. The van der Waals surface area contributed by atoms with Crippen molar-refractivity contribution in [1.82, 2.24) is 0 Å². The minimum absolute atomic E-state index is 0.104. The van der Waals surface area contributed by atoms with Gasteiger partial charge in [-0.25, -0.2) is 0 Å². The summed E-state index contributed by atoms with van der Waals surface area (Å²) >= 11 is 1.90. The Morgan fingerprint density at radius 3 is 2.58 bits per heavy atom. The van der Waals surface area contributed by atoms with E-state index < -0.39 is 0 Å². The van der Waals surface area contributed by atoms with Crippen LogP contribution < -0.4 is 10.2 Å². The van der Waals surface area contributed by atoms with Crippen molar-refractivity contribution in [3.8, 4) is 0 Å². The summed E-state index contributed by atoms with van der Waals surface area (Å²) < 4.78 is 0. The third kappa shape index (κ3) is 5.38. The predicted molar refractivity (Wildman–Crippen MR) is 120 cm³/mol. The van der Waals surface area contributed by atoms with Crippen LogP contribution in [-0.2, 0) is 5.41 Å². The van der Waals surface area contributed by atoms with Crippen LogP contribution in [0.5, 0.6) is 0 Å². The molecule has 0 saturated heterocycles. The summed E-state index contributed by atoms with van der Waals surface area (Å²) in [6.07, 6.45) is 8.13. The Hall–Kier alpha value is -1.74. The Labute approximate surface area is 163 Å². The van der Waals surface area contributed by atoms with Crippen LogP contribution in [0.2, 0.25) is 0 Å². The molecule has 1 N–H and O–H groups in total. The van der Waals surface area contributed by atoms with Crippen LogP contribution in [0.25, 0.3) is 6.08 Å². The van der Waals surface area contributed by atoms with Gasteiger partial charge in [0.2, 0.25) is 0 Å². The standard InChI is InChI=1S/C23H34N2S/c1-6-8-18-25(7-2)22-16-15-19(26-22)12-11-17-23(3,4)20-13-9-10-14-21(20)24-5/h9-16,24H,6-8,17-18H2,1-5H3/b12-11+. The van der Waals surface area contributed by atoms with Gasteiger partial charge in [-0.3, -0.25) is 0 Å². The average Bonchev–Trinajstić information content (AvgIpc) is 3.11. The highest BCUT2D eigenvalue weighted by molar-refractivity contribution is 7.16. The summed E-state index contributed by atoms with van der Waals surface area (Å²) in [6.45, 7) is 11.4. The summed E-state index contributed by atoms with van der Waals surface area (Å²) in [5, 5.41) is 4.71. The van der Waals surface area contributed by atoms with Crippen LogP contribution in [0.3, 0.4) is 0 Å². The van der Waals surface area contributed by atoms with Gasteiger partial charge in [0.05, 0.1) is 5.00 Å². The van der Waals surface area contributed by atoms with E-state index in [1.54, 1.807) is 0 Å². The monoisotopic (exact) mass is 370 g/mol. The highest BCUT2D eigenvalue weighted by Gasteiger charge is 2.21. The molecule has 2 rings (SSSR count). The molecular weight excluding hydrogens is 336 g/mol. The zero-order chi connectivity index (χ0) is 19.0. The van der Waals surface area contributed by atoms with Gasteiger partial charge < -0.3 is 10.2 Å². The lowest BCUT2D eigenvalue weighted by Gasteiger charge is -2.26. The molecule has 0 bridgehead atoms. The molecule has 1 heterocycles. The van der Waals surface area contributed by atoms with Gasteiger partial charge in [-0.1, -0.05) is 51.5 Å². The maximum absolute atomic E-state index is 3.32. The van der Waals surface area contributed by atoms with E-state index in [-0.39, 0.29) is 5.41 Å². The quantitative estimate of drug-likeness (QED) is 0.495. The van der Waals surface area contributed by atoms with E-state index in [0.29, 0.717) is 0 Å². The second-order valence-electron chi connectivity index (χ2n) is 7.40. The second-order valence-corrected chi connectivity index (χ2v) is 8.49. The summed E-state index contributed by atoms with van der Waals surface area (Å²) in [7, 11) is 2.00. The molecule has 2 nitrogen and oxygen atoms in total. The van der Waals surface area contributed by atoms with Crippen LogP contribution >= 0.6 is 11.3 Å². The number of anilines is 2. The number of thiophene rings is 1. The lowest BCUT2D eigenvalue weighted by molar-refractivity contribution is 0.536. The third-order valence-corrected chi connectivity index (χ3v) is 6.03. The van der Waals surface area contributed by atoms with Crippen molar-refractivity contribution in [2.75, 3.05) is 30.4 Å². The average molecular weight is 371 g/mol. The number of rotatable bonds is 10. The van der Waals surface area contributed by atoms with E-state index in [1.165, 1.54) is 34.0 Å². The molecule has 26 heavy (non-hydrogen) atoms. The molecule has 3 heteroatoms. The summed E-state index contributed by atoms with van der Waals surface area (Å²) in [5.74, 6) is 0. The predicted octanol–water partition coefficient (Wildman–Crippen LogP) is 6.80. The van der Waals surface area contributed by atoms with Crippen molar-refractivity contribution in [3.05, 3.63) is 52.9 Å². The normalized spacial score (nSPS) is 11.9.